The van der Waals surface area contributed by atoms with Crippen LogP contribution in [0.4, 0.5) is 0 Å². The van der Waals surface area contributed by atoms with Gasteiger partial charge >= 0.3 is 0 Å². The number of aryl methyl sites for hydroxylation is 1. The molecular weight excluding hydrogens is 478 g/mol. The van der Waals surface area contributed by atoms with Crippen molar-refractivity contribution in [3.05, 3.63) is 82.3 Å². The number of carbonyl (C=O) groups excluding carboxylic acids is 2. The van der Waals surface area contributed by atoms with Crippen molar-refractivity contribution in [1.82, 2.24) is 16.2 Å². The van der Waals surface area contributed by atoms with Crippen molar-refractivity contribution in [3.8, 4) is 5.75 Å². The molecule has 0 atom stereocenters. The average molecular weight is 498 g/mol. The minimum Gasteiger partial charge on any atom is -0.483 e. The lowest BCUT2D eigenvalue weighted by Crippen LogP contribution is -2.49. The Bertz CT molecular complexity index is 1150. The lowest BCUT2D eigenvalue weighted by atomic mass is 10.1. The number of carbonyl (C=O) groups is 2. The van der Waals surface area contributed by atoms with Gasteiger partial charge in [-0.15, -0.1) is 0 Å². The van der Waals surface area contributed by atoms with Crippen LogP contribution in [0.3, 0.4) is 0 Å². The molecule has 0 aromatic heterocycles. The molecule has 0 unspecified atom stereocenters. The Morgan fingerprint density at radius 3 is 2.55 bits per heavy atom. The van der Waals surface area contributed by atoms with E-state index in [-0.39, 0.29) is 11.7 Å². The summed E-state index contributed by atoms with van der Waals surface area (Å²) in [6, 6.07) is 19.3. The molecule has 3 aromatic rings. The highest BCUT2D eigenvalue weighted by molar-refractivity contribution is 9.10. The number of rotatable bonds is 5. The summed E-state index contributed by atoms with van der Waals surface area (Å²) in [6.45, 7) is 1.76. The summed E-state index contributed by atoms with van der Waals surface area (Å²) < 4.78 is 6.35. The van der Waals surface area contributed by atoms with Gasteiger partial charge in [0.2, 0.25) is 5.91 Å². The molecule has 0 aliphatic rings. The standard InChI is InChI=1S/C23H20BrN3O3S/c1-15-6-8-16(9-7-15)10-13-20(28)25-23(31)27-26-21(29)14-30-19-12-11-17-4-2-3-5-18(17)22(19)24/h2-13H,14H2,1H3,(H,26,29)(H2,25,27,28,31). The van der Waals surface area contributed by atoms with Gasteiger partial charge < -0.3 is 4.74 Å². The lowest BCUT2D eigenvalue weighted by Gasteiger charge is -2.12. The minimum atomic E-state index is -0.452. The zero-order valence-corrected chi connectivity index (χ0v) is 19.0. The second-order valence-electron chi connectivity index (χ2n) is 6.62. The third-order valence-corrected chi connectivity index (χ3v) is 5.27. The van der Waals surface area contributed by atoms with E-state index in [4.69, 9.17) is 17.0 Å². The third kappa shape index (κ3) is 6.63. The molecular formula is C23H20BrN3O3S. The third-order valence-electron chi connectivity index (χ3n) is 4.24. The Morgan fingerprint density at radius 1 is 1.03 bits per heavy atom. The number of halogens is 1. The number of hydrazine groups is 1. The number of hydrogen-bond acceptors (Lipinski definition) is 4. The Morgan fingerprint density at radius 2 is 1.77 bits per heavy atom. The molecule has 0 fully saturated rings. The zero-order valence-electron chi connectivity index (χ0n) is 16.6. The largest absolute Gasteiger partial charge is 0.483 e. The second-order valence-corrected chi connectivity index (χ2v) is 7.82. The molecule has 6 nitrogen and oxygen atoms in total. The zero-order chi connectivity index (χ0) is 22.2. The summed E-state index contributed by atoms with van der Waals surface area (Å²) in [5.74, 6) is -0.318. The van der Waals surface area contributed by atoms with Crippen LogP contribution in [0.5, 0.6) is 5.75 Å². The molecule has 0 aliphatic heterocycles. The number of nitrogens with one attached hydrogen (secondary N) is 3. The molecule has 0 heterocycles. The Labute approximate surface area is 193 Å². The first kappa shape index (κ1) is 22.5. The first-order valence-corrected chi connectivity index (χ1v) is 10.6. The van der Waals surface area contributed by atoms with E-state index >= 15 is 0 Å². The molecule has 0 saturated heterocycles. The van der Waals surface area contributed by atoms with Gasteiger partial charge in [-0.25, -0.2) is 0 Å². The summed E-state index contributed by atoms with van der Waals surface area (Å²) in [4.78, 5) is 23.9. The Kier molecular flexibility index (Phi) is 7.75. The number of benzene rings is 3. The first-order chi connectivity index (χ1) is 14.9. The van der Waals surface area contributed by atoms with Crippen molar-refractivity contribution in [2.75, 3.05) is 6.61 Å². The van der Waals surface area contributed by atoms with Gasteiger partial charge in [0.05, 0.1) is 4.47 Å². The van der Waals surface area contributed by atoms with Crippen molar-refractivity contribution in [2.24, 2.45) is 0 Å². The summed E-state index contributed by atoms with van der Waals surface area (Å²) in [5, 5.41) is 4.47. The van der Waals surface area contributed by atoms with E-state index in [0.717, 1.165) is 26.4 Å². The monoisotopic (exact) mass is 497 g/mol. The minimum absolute atomic E-state index is 0.0289. The molecule has 3 N–H and O–H groups in total. The number of thiocarbonyl (C=S) groups is 1. The highest BCUT2D eigenvalue weighted by Crippen LogP contribution is 2.32. The summed E-state index contributed by atoms with van der Waals surface area (Å²) in [7, 11) is 0. The van der Waals surface area contributed by atoms with E-state index in [0.29, 0.717) is 5.75 Å². The maximum Gasteiger partial charge on any atom is 0.276 e. The molecule has 2 amide bonds. The SMILES string of the molecule is Cc1ccc(C=CC(=O)NC(=S)NNC(=O)COc2ccc3ccccc3c2Br)cc1. The summed E-state index contributed by atoms with van der Waals surface area (Å²) in [5.41, 5.74) is 6.89. The lowest BCUT2D eigenvalue weighted by molar-refractivity contribution is -0.123. The van der Waals surface area contributed by atoms with E-state index in [2.05, 4.69) is 32.1 Å². The van der Waals surface area contributed by atoms with E-state index in [1.807, 2.05) is 61.5 Å². The molecule has 0 aliphatic carbocycles. The molecule has 0 bridgehead atoms. The normalized spacial score (nSPS) is 10.6. The van der Waals surface area contributed by atoms with Crippen LogP contribution in [0, 0.1) is 6.92 Å². The molecule has 31 heavy (non-hydrogen) atoms. The fourth-order valence-corrected chi connectivity index (χ4v) is 3.42. The smallest absolute Gasteiger partial charge is 0.276 e. The van der Waals surface area contributed by atoms with E-state index < -0.39 is 11.8 Å². The maximum absolute atomic E-state index is 12.0. The highest BCUT2D eigenvalue weighted by Gasteiger charge is 2.09. The second kappa shape index (κ2) is 10.7. The van der Waals surface area contributed by atoms with Crippen LogP contribution < -0.4 is 20.9 Å². The average Bonchev–Trinajstić information content (AvgIpc) is 2.77. The summed E-state index contributed by atoms with van der Waals surface area (Å²) in [6.07, 6.45) is 3.03. The van der Waals surface area contributed by atoms with Gasteiger partial charge in [-0.05, 0) is 63.5 Å². The van der Waals surface area contributed by atoms with E-state index in [1.165, 1.54) is 6.08 Å². The van der Waals surface area contributed by atoms with Gasteiger partial charge in [-0.1, -0.05) is 60.2 Å². The van der Waals surface area contributed by atoms with E-state index in [1.54, 1.807) is 12.1 Å². The first-order valence-electron chi connectivity index (χ1n) is 9.37. The van der Waals surface area contributed by atoms with Crippen molar-refractivity contribution in [1.29, 1.82) is 0 Å². The van der Waals surface area contributed by atoms with Crippen LogP contribution in [0.15, 0.2) is 71.2 Å². The molecule has 3 aromatic carbocycles. The highest BCUT2D eigenvalue weighted by atomic mass is 79.9. The van der Waals surface area contributed by atoms with Gasteiger partial charge in [0.1, 0.15) is 5.75 Å². The van der Waals surface area contributed by atoms with Crippen molar-refractivity contribution >= 4 is 61.9 Å². The topological polar surface area (TPSA) is 79.5 Å². The molecule has 0 saturated carbocycles. The van der Waals surface area contributed by atoms with Gasteiger partial charge in [0, 0.05) is 6.08 Å². The number of amides is 2. The Hall–Kier alpha value is -3.23. The van der Waals surface area contributed by atoms with Crippen molar-refractivity contribution < 1.29 is 14.3 Å². The fourth-order valence-electron chi connectivity index (χ4n) is 2.67. The summed E-state index contributed by atoms with van der Waals surface area (Å²) >= 11 is 8.52. The Balaban J connectivity index is 1.43. The number of hydrogen-bond donors (Lipinski definition) is 3. The number of fused-ring (bicyclic) bond motifs is 1. The van der Waals surface area contributed by atoms with Gasteiger partial charge in [-0.3, -0.25) is 25.8 Å². The molecule has 8 heteroatoms. The maximum atomic E-state index is 12.0. The molecule has 0 radical (unpaired) electrons. The molecule has 3 rings (SSSR count). The van der Waals surface area contributed by atoms with Gasteiger partial charge in [0.25, 0.3) is 5.91 Å². The van der Waals surface area contributed by atoms with Crippen LogP contribution in [0.25, 0.3) is 16.8 Å². The fraction of sp³-hybridized carbons (Fsp3) is 0.0870. The van der Waals surface area contributed by atoms with Gasteiger partial charge in [-0.2, -0.15) is 0 Å². The molecule has 0 spiro atoms. The van der Waals surface area contributed by atoms with Crippen LogP contribution in [-0.4, -0.2) is 23.5 Å². The van der Waals surface area contributed by atoms with Gasteiger partial charge in [0.15, 0.2) is 11.7 Å². The predicted molar refractivity (Wildman–Crippen MR) is 129 cm³/mol. The number of ether oxygens (including phenoxy) is 1. The van der Waals surface area contributed by atoms with Crippen LogP contribution >= 0.6 is 28.1 Å². The molecule has 158 valence electrons. The van der Waals surface area contributed by atoms with Crippen molar-refractivity contribution in [2.45, 2.75) is 6.92 Å². The van der Waals surface area contributed by atoms with Crippen LogP contribution in [0.1, 0.15) is 11.1 Å². The predicted octanol–water partition coefficient (Wildman–Crippen LogP) is 4.02. The van der Waals surface area contributed by atoms with E-state index in [9.17, 15) is 9.59 Å². The van der Waals surface area contributed by atoms with Crippen molar-refractivity contribution in [3.63, 3.8) is 0 Å². The van der Waals surface area contributed by atoms with Crippen LogP contribution in [0.2, 0.25) is 0 Å². The quantitative estimate of drug-likeness (QED) is 0.281. The van der Waals surface area contributed by atoms with Crippen LogP contribution in [-0.2, 0) is 9.59 Å².